The predicted molar refractivity (Wildman–Crippen MR) is 77.1 cm³/mol. The van der Waals surface area contributed by atoms with Crippen molar-refractivity contribution in [2.75, 3.05) is 11.9 Å². The summed E-state index contributed by atoms with van der Waals surface area (Å²) in [7, 11) is 0. The molecule has 1 heterocycles. The Kier molecular flexibility index (Phi) is 3.42. The van der Waals surface area contributed by atoms with Gasteiger partial charge in [-0.25, -0.2) is 4.39 Å². The lowest BCUT2D eigenvalue weighted by Crippen LogP contribution is -2.00. The molecule has 0 aromatic heterocycles. The van der Waals surface area contributed by atoms with E-state index < -0.39 is 0 Å². The highest BCUT2D eigenvalue weighted by atomic mass is 79.9. The Morgan fingerprint density at radius 2 is 2.11 bits per heavy atom. The fourth-order valence-corrected chi connectivity index (χ4v) is 2.67. The summed E-state index contributed by atoms with van der Waals surface area (Å²) >= 11 is 3.35. The highest BCUT2D eigenvalue weighted by Gasteiger charge is 2.11. The number of fused-ring (bicyclic) bond motifs is 1. The molecule has 3 rings (SSSR count). The minimum atomic E-state index is -0.243. The van der Waals surface area contributed by atoms with Crippen LogP contribution in [0, 0.1) is 5.82 Å². The molecule has 0 atom stereocenters. The van der Waals surface area contributed by atoms with Crippen LogP contribution in [0.4, 0.5) is 10.1 Å². The fraction of sp³-hybridized carbons (Fsp3) is 0.200. The van der Waals surface area contributed by atoms with Gasteiger partial charge >= 0.3 is 0 Å². The van der Waals surface area contributed by atoms with Gasteiger partial charge in [0.05, 0.1) is 6.61 Å². The van der Waals surface area contributed by atoms with Crippen molar-refractivity contribution in [2.24, 2.45) is 0 Å². The van der Waals surface area contributed by atoms with Crippen molar-refractivity contribution in [2.45, 2.75) is 13.0 Å². The van der Waals surface area contributed by atoms with Crippen molar-refractivity contribution in [3.8, 4) is 5.75 Å². The van der Waals surface area contributed by atoms with Gasteiger partial charge in [-0.15, -0.1) is 0 Å². The summed E-state index contributed by atoms with van der Waals surface area (Å²) in [6, 6.07) is 10.9. The molecule has 2 aromatic rings. The maximum absolute atomic E-state index is 13.0. The lowest BCUT2D eigenvalue weighted by molar-refractivity contribution is 0.357. The zero-order chi connectivity index (χ0) is 13.2. The fourth-order valence-electron chi connectivity index (χ4n) is 2.18. The molecule has 19 heavy (non-hydrogen) atoms. The molecule has 0 unspecified atom stereocenters. The van der Waals surface area contributed by atoms with Crippen molar-refractivity contribution in [3.63, 3.8) is 0 Å². The first-order chi connectivity index (χ1) is 9.22. The largest absolute Gasteiger partial charge is 0.493 e. The smallest absolute Gasteiger partial charge is 0.124 e. The van der Waals surface area contributed by atoms with Crippen LogP contribution in [0.15, 0.2) is 40.9 Å². The minimum absolute atomic E-state index is 0.243. The monoisotopic (exact) mass is 321 g/mol. The maximum Gasteiger partial charge on any atom is 0.124 e. The molecule has 98 valence electrons. The highest BCUT2D eigenvalue weighted by Crippen LogP contribution is 2.27. The van der Waals surface area contributed by atoms with E-state index >= 15 is 0 Å². The molecule has 0 spiro atoms. The molecule has 4 heteroatoms. The number of halogens is 2. The quantitative estimate of drug-likeness (QED) is 0.917. The second kappa shape index (κ2) is 5.21. The van der Waals surface area contributed by atoms with Crippen LogP contribution in [0.25, 0.3) is 0 Å². The van der Waals surface area contributed by atoms with E-state index in [2.05, 4.69) is 33.4 Å². The third-order valence-corrected chi connectivity index (χ3v) is 3.82. The van der Waals surface area contributed by atoms with E-state index in [1.165, 1.54) is 23.3 Å². The van der Waals surface area contributed by atoms with Crippen molar-refractivity contribution in [1.29, 1.82) is 0 Å². The second-order valence-electron chi connectivity index (χ2n) is 4.52. The summed E-state index contributed by atoms with van der Waals surface area (Å²) in [4.78, 5) is 0. The molecule has 1 aliphatic heterocycles. The maximum atomic E-state index is 13.0. The lowest BCUT2D eigenvalue weighted by Gasteiger charge is -2.09. The third kappa shape index (κ3) is 2.73. The summed E-state index contributed by atoms with van der Waals surface area (Å²) < 4.78 is 19.2. The molecule has 0 amide bonds. The average Bonchev–Trinajstić information content (AvgIpc) is 2.85. The molecular weight excluding hydrogens is 309 g/mol. The van der Waals surface area contributed by atoms with Crippen LogP contribution in [0.3, 0.4) is 0 Å². The van der Waals surface area contributed by atoms with E-state index in [0.29, 0.717) is 6.54 Å². The number of hydrogen-bond acceptors (Lipinski definition) is 2. The van der Waals surface area contributed by atoms with Gasteiger partial charge in [0.25, 0.3) is 0 Å². The predicted octanol–water partition coefficient (Wildman–Crippen LogP) is 4.14. The Bertz CT molecular complexity index is 615. The van der Waals surface area contributed by atoms with Gasteiger partial charge in [0.15, 0.2) is 0 Å². The Balaban J connectivity index is 1.72. The molecular formula is C15H13BrFNO. The van der Waals surface area contributed by atoms with E-state index in [-0.39, 0.29) is 5.82 Å². The molecule has 1 N–H and O–H groups in total. The van der Waals surface area contributed by atoms with Crippen LogP contribution in [0.1, 0.15) is 11.1 Å². The van der Waals surface area contributed by atoms with Crippen LogP contribution in [-0.4, -0.2) is 6.61 Å². The van der Waals surface area contributed by atoms with Crippen LogP contribution in [0.2, 0.25) is 0 Å². The van der Waals surface area contributed by atoms with Crippen LogP contribution in [-0.2, 0) is 13.0 Å². The van der Waals surface area contributed by atoms with E-state index in [9.17, 15) is 4.39 Å². The second-order valence-corrected chi connectivity index (χ2v) is 5.37. The molecule has 0 aliphatic carbocycles. The van der Waals surface area contributed by atoms with Crippen molar-refractivity contribution < 1.29 is 9.13 Å². The van der Waals surface area contributed by atoms with Crippen molar-refractivity contribution >= 4 is 21.6 Å². The van der Waals surface area contributed by atoms with Gasteiger partial charge in [-0.1, -0.05) is 12.1 Å². The molecule has 2 nitrogen and oxygen atoms in total. The SMILES string of the molecule is Fc1ccc(NCc2ccc3c(c2)CCO3)c(Br)c1. The summed E-state index contributed by atoms with van der Waals surface area (Å²) in [5.41, 5.74) is 3.34. The number of rotatable bonds is 3. The molecule has 0 fully saturated rings. The molecule has 2 aromatic carbocycles. The summed E-state index contributed by atoms with van der Waals surface area (Å²) in [6.45, 7) is 1.48. The van der Waals surface area contributed by atoms with Gasteiger partial charge in [0, 0.05) is 23.1 Å². The minimum Gasteiger partial charge on any atom is -0.493 e. The standard InChI is InChI=1S/C15H13BrFNO/c16-13-8-12(17)2-3-14(13)18-9-10-1-4-15-11(7-10)5-6-19-15/h1-4,7-8,18H,5-6,9H2. The van der Waals surface area contributed by atoms with Crippen molar-refractivity contribution in [3.05, 3.63) is 57.8 Å². The third-order valence-electron chi connectivity index (χ3n) is 3.17. The van der Waals surface area contributed by atoms with Gasteiger partial charge in [-0.3, -0.25) is 0 Å². The molecule has 1 aliphatic rings. The van der Waals surface area contributed by atoms with Gasteiger partial charge < -0.3 is 10.1 Å². The summed E-state index contributed by atoms with van der Waals surface area (Å²) in [5, 5.41) is 3.29. The van der Waals surface area contributed by atoms with Crippen LogP contribution < -0.4 is 10.1 Å². The molecule has 0 saturated carbocycles. The Morgan fingerprint density at radius 1 is 1.21 bits per heavy atom. The Morgan fingerprint density at radius 3 is 2.95 bits per heavy atom. The first kappa shape index (κ1) is 12.5. The van der Waals surface area contributed by atoms with Gasteiger partial charge in [-0.2, -0.15) is 0 Å². The summed E-state index contributed by atoms with van der Waals surface area (Å²) in [6.07, 6.45) is 0.976. The van der Waals surface area contributed by atoms with E-state index in [1.807, 2.05) is 6.07 Å². The summed E-state index contributed by atoms with van der Waals surface area (Å²) in [5.74, 6) is 0.749. The topological polar surface area (TPSA) is 21.3 Å². The Hall–Kier alpha value is -1.55. The van der Waals surface area contributed by atoms with E-state index in [4.69, 9.17) is 4.74 Å². The van der Waals surface area contributed by atoms with E-state index in [1.54, 1.807) is 6.07 Å². The average molecular weight is 322 g/mol. The van der Waals surface area contributed by atoms with Gasteiger partial charge in [0.1, 0.15) is 11.6 Å². The van der Waals surface area contributed by atoms with Gasteiger partial charge in [0.2, 0.25) is 0 Å². The Labute approximate surface area is 119 Å². The normalized spacial score (nSPS) is 12.9. The van der Waals surface area contributed by atoms with Gasteiger partial charge in [-0.05, 0) is 51.3 Å². The first-order valence-corrected chi connectivity index (χ1v) is 6.95. The van der Waals surface area contributed by atoms with Crippen LogP contribution >= 0.6 is 15.9 Å². The molecule has 0 saturated heterocycles. The lowest BCUT2D eigenvalue weighted by atomic mass is 10.1. The highest BCUT2D eigenvalue weighted by molar-refractivity contribution is 9.10. The number of anilines is 1. The number of hydrogen-bond donors (Lipinski definition) is 1. The van der Waals surface area contributed by atoms with Crippen molar-refractivity contribution in [1.82, 2.24) is 0 Å². The number of ether oxygens (including phenoxy) is 1. The molecule has 0 radical (unpaired) electrons. The van der Waals surface area contributed by atoms with E-state index in [0.717, 1.165) is 28.9 Å². The zero-order valence-electron chi connectivity index (χ0n) is 10.2. The van der Waals surface area contributed by atoms with Crippen LogP contribution in [0.5, 0.6) is 5.75 Å². The zero-order valence-corrected chi connectivity index (χ0v) is 11.8. The molecule has 0 bridgehead atoms. The number of nitrogens with one attached hydrogen (secondary N) is 1. The number of benzene rings is 2. The first-order valence-electron chi connectivity index (χ1n) is 6.16.